The van der Waals surface area contributed by atoms with Crippen LogP contribution in [0.15, 0.2) is 89.8 Å². The van der Waals surface area contributed by atoms with Crippen molar-refractivity contribution in [2.24, 2.45) is 5.92 Å². The van der Waals surface area contributed by atoms with Gasteiger partial charge in [-0.05, 0) is 41.3 Å². The normalized spacial score (nSPS) is 12.6. The van der Waals surface area contributed by atoms with E-state index in [-0.39, 0.29) is 67.9 Å². The molecule has 0 bridgehead atoms. The molecule has 11 heteroatoms. The number of nitrogens with zero attached hydrogens (tertiary/aromatic N) is 1. The van der Waals surface area contributed by atoms with Gasteiger partial charge in [-0.2, -0.15) is 4.31 Å². The van der Waals surface area contributed by atoms with Crippen molar-refractivity contribution in [2.75, 3.05) is 26.7 Å². The van der Waals surface area contributed by atoms with E-state index in [0.717, 1.165) is 15.4 Å². The highest BCUT2D eigenvalue weighted by Gasteiger charge is 2.43. The number of aliphatic hydroxyl groups is 1. The standard InChI is InChI=1S/C35H44N4O6S/c1-28(2)27-39(46(43,44)32-19-17-31(45-3)18-20-32)35(42,24-29-12-6-4-7-13-29)21-23-38-33(40)16-10-11-22-37-34(41)26-36-25-30-14-8-5-9-15-30/h4-9,12-15,17-20,28,36,42H,10,16,21,23-27H2,1-3H3,(H,37,41)(H,38,40). The van der Waals surface area contributed by atoms with Crippen LogP contribution < -0.4 is 20.7 Å². The maximum Gasteiger partial charge on any atom is 0.245 e. The molecule has 0 aliphatic heterocycles. The third-order valence-electron chi connectivity index (χ3n) is 7.05. The number of carbonyl (C=O) groups excluding carboxylic acids is 2. The van der Waals surface area contributed by atoms with E-state index in [9.17, 15) is 23.1 Å². The Hall–Kier alpha value is -4.21. The molecule has 0 aliphatic carbocycles. The molecule has 0 aromatic heterocycles. The third-order valence-corrected chi connectivity index (χ3v) is 8.98. The average Bonchev–Trinajstić information content (AvgIpc) is 3.04. The lowest BCUT2D eigenvalue weighted by Crippen LogP contribution is -2.55. The third kappa shape index (κ3) is 11.6. The number of methoxy groups -OCH3 is 1. The van der Waals surface area contributed by atoms with Gasteiger partial charge in [0.25, 0.3) is 0 Å². The topological polar surface area (TPSA) is 137 Å². The van der Waals surface area contributed by atoms with E-state index in [4.69, 9.17) is 4.74 Å². The van der Waals surface area contributed by atoms with Gasteiger partial charge in [-0.1, -0.05) is 80.4 Å². The van der Waals surface area contributed by atoms with E-state index in [2.05, 4.69) is 27.9 Å². The molecular weight excluding hydrogens is 604 g/mol. The monoisotopic (exact) mass is 648 g/mol. The first-order valence-corrected chi connectivity index (χ1v) is 16.7. The van der Waals surface area contributed by atoms with E-state index in [1.165, 1.54) is 19.2 Å². The number of nitrogens with one attached hydrogen (secondary N) is 3. The first kappa shape index (κ1) is 36.3. The van der Waals surface area contributed by atoms with Gasteiger partial charge in [0.2, 0.25) is 21.8 Å². The van der Waals surface area contributed by atoms with E-state index in [1.807, 2.05) is 74.5 Å². The first-order chi connectivity index (χ1) is 22.0. The highest BCUT2D eigenvalue weighted by molar-refractivity contribution is 7.89. The largest absolute Gasteiger partial charge is 0.497 e. The molecule has 3 rings (SSSR count). The lowest BCUT2D eigenvalue weighted by molar-refractivity contribution is -0.121. The summed E-state index contributed by atoms with van der Waals surface area (Å²) < 4.78 is 34.3. The van der Waals surface area contributed by atoms with Crippen LogP contribution in [-0.2, 0) is 32.6 Å². The predicted molar refractivity (Wildman–Crippen MR) is 178 cm³/mol. The fourth-order valence-electron chi connectivity index (χ4n) is 4.73. The SMILES string of the molecule is COc1ccc(S(=O)(=O)N(CC(C)C)C(O)(CCNC(=O)CCC#CNC(=O)CNCc2ccccc2)Cc2ccccc2)cc1. The molecule has 0 saturated carbocycles. The number of sulfonamides is 1. The molecule has 0 radical (unpaired) electrons. The Morgan fingerprint density at radius 2 is 1.57 bits per heavy atom. The van der Waals surface area contributed by atoms with Gasteiger partial charge < -0.3 is 20.5 Å². The summed E-state index contributed by atoms with van der Waals surface area (Å²) in [4.78, 5) is 24.6. The molecule has 46 heavy (non-hydrogen) atoms. The Balaban J connectivity index is 1.60. The number of carbonyl (C=O) groups is 2. The Morgan fingerprint density at radius 1 is 0.935 bits per heavy atom. The van der Waals surface area contributed by atoms with Gasteiger partial charge in [-0.15, -0.1) is 0 Å². The number of hydrogen-bond donors (Lipinski definition) is 4. The highest BCUT2D eigenvalue weighted by Crippen LogP contribution is 2.31. The zero-order chi connectivity index (χ0) is 33.4. The molecule has 3 aromatic rings. The number of benzene rings is 3. The molecule has 0 aliphatic rings. The minimum Gasteiger partial charge on any atom is -0.497 e. The van der Waals surface area contributed by atoms with Crippen LogP contribution >= 0.6 is 0 Å². The first-order valence-electron chi connectivity index (χ1n) is 15.2. The number of ether oxygens (including phenoxy) is 1. The quantitative estimate of drug-likeness (QED) is 0.100. The summed E-state index contributed by atoms with van der Waals surface area (Å²) >= 11 is 0. The molecule has 2 amide bonds. The lowest BCUT2D eigenvalue weighted by atomic mass is 9.98. The van der Waals surface area contributed by atoms with Crippen molar-refractivity contribution in [2.45, 2.75) is 56.7 Å². The fourth-order valence-corrected chi connectivity index (χ4v) is 6.56. The highest BCUT2D eigenvalue weighted by atomic mass is 32.2. The number of hydrogen-bond acceptors (Lipinski definition) is 7. The maximum atomic E-state index is 14.0. The van der Waals surface area contributed by atoms with Gasteiger partial charge in [-0.25, -0.2) is 8.42 Å². The van der Waals surface area contributed by atoms with Gasteiger partial charge in [-0.3, -0.25) is 14.9 Å². The van der Waals surface area contributed by atoms with Crippen molar-refractivity contribution < 1.29 is 27.9 Å². The van der Waals surface area contributed by atoms with E-state index in [0.29, 0.717) is 12.3 Å². The zero-order valence-corrected chi connectivity index (χ0v) is 27.5. The van der Waals surface area contributed by atoms with Gasteiger partial charge in [0.05, 0.1) is 18.6 Å². The lowest BCUT2D eigenvalue weighted by Gasteiger charge is -2.40. The molecule has 246 valence electrons. The summed E-state index contributed by atoms with van der Waals surface area (Å²) in [7, 11) is -2.64. The Kier molecular flexibility index (Phi) is 14.2. The van der Waals surface area contributed by atoms with Crippen molar-refractivity contribution in [3.63, 3.8) is 0 Å². The second kappa shape index (κ2) is 18.1. The second-order valence-corrected chi connectivity index (χ2v) is 13.2. The van der Waals surface area contributed by atoms with E-state index >= 15 is 0 Å². The molecule has 3 aromatic carbocycles. The smallest absolute Gasteiger partial charge is 0.245 e. The maximum absolute atomic E-state index is 14.0. The van der Waals surface area contributed by atoms with Crippen molar-refractivity contribution in [1.82, 2.24) is 20.3 Å². The summed E-state index contributed by atoms with van der Waals surface area (Å²) in [5.74, 6) is 2.60. The molecule has 0 spiro atoms. The zero-order valence-electron chi connectivity index (χ0n) is 26.7. The number of amides is 2. The minimum atomic E-state index is -4.14. The summed E-state index contributed by atoms with van der Waals surface area (Å²) in [6.45, 7) is 4.53. The van der Waals surface area contributed by atoms with Crippen LogP contribution in [0.4, 0.5) is 0 Å². The van der Waals surface area contributed by atoms with Gasteiger partial charge in [0.1, 0.15) is 11.5 Å². The molecule has 0 fully saturated rings. The van der Waals surface area contributed by atoms with Gasteiger partial charge >= 0.3 is 0 Å². The van der Waals surface area contributed by atoms with Crippen LogP contribution in [0.5, 0.6) is 5.75 Å². The predicted octanol–water partition coefficient (Wildman–Crippen LogP) is 3.43. The molecule has 10 nitrogen and oxygen atoms in total. The van der Waals surface area contributed by atoms with Crippen LogP contribution in [0.3, 0.4) is 0 Å². The van der Waals surface area contributed by atoms with E-state index in [1.54, 1.807) is 12.1 Å². The Morgan fingerprint density at radius 3 is 2.17 bits per heavy atom. The molecular formula is C35H44N4O6S. The van der Waals surface area contributed by atoms with E-state index < -0.39 is 15.7 Å². The van der Waals surface area contributed by atoms with Crippen molar-refractivity contribution >= 4 is 21.8 Å². The van der Waals surface area contributed by atoms with Crippen LogP contribution in [0, 0.1) is 17.9 Å². The van der Waals surface area contributed by atoms with Gasteiger partial charge in [0, 0.05) is 51.4 Å². The second-order valence-electron chi connectivity index (χ2n) is 11.3. The van der Waals surface area contributed by atoms with Crippen molar-refractivity contribution in [3.8, 4) is 17.7 Å². The molecule has 0 saturated heterocycles. The van der Waals surface area contributed by atoms with Gasteiger partial charge in [0.15, 0.2) is 0 Å². The van der Waals surface area contributed by atoms with Crippen molar-refractivity contribution in [3.05, 3.63) is 96.1 Å². The summed E-state index contributed by atoms with van der Waals surface area (Å²) in [5.41, 5.74) is -0.0176. The molecule has 1 atom stereocenters. The van der Waals surface area contributed by atoms with Crippen LogP contribution in [-0.4, -0.2) is 62.1 Å². The molecule has 0 heterocycles. The minimum absolute atomic E-state index is 0.0250. The summed E-state index contributed by atoms with van der Waals surface area (Å²) in [6.07, 6.45) is 0.264. The summed E-state index contributed by atoms with van der Waals surface area (Å²) in [5, 5.41) is 20.4. The average molecular weight is 649 g/mol. The molecule has 4 N–H and O–H groups in total. The van der Waals surface area contributed by atoms with Crippen LogP contribution in [0.2, 0.25) is 0 Å². The Bertz CT molecular complexity index is 1560. The Labute approximate surface area is 272 Å². The fraction of sp³-hybridized carbons (Fsp3) is 0.371. The summed E-state index contributed by atoms with van der Waals surface area (Å²) in [6, 6.07) is 27.5. The van der Waals surface area contributed by atoms with Crippen molar-refractivity contribution in [1.29, 1.82) is 0 Å². The van der Waals surface area contributed by atoms with Crippen LogP contribution in [0.25, 0.3) is 0 Å². The van der Waals surface area contributed by atoms with Crippen LogP contribution in [0.1, 0.15) is 44.2 Å². The number of rotatable bonds is 17. The molecule has 1 unspecified atom stereocenters.